The lowest BCUT2D eigenvalue weighted by atomic mass is 9.90. The van der Waals surface area contributed by atoms with Gasteiger partial charge in [-0.05, 0) is 60.1 Å². The van der Waals surface area contributed by atoms with E-state index in [-0.39, 0.29) is 18.2 Å². The molecular weight excluding hydrogens is 504 g/mol. The monoisotopic (exact) mass is 530 g/mol. The lowest BCUT2D eigenvalue weighted by molar-refractivity contribution is -0.136. The van der Waals surface area contributed by atoms with Crippen LogP contribution >= 0.6 is 11.6 Å². The molecule has 2 aliphatic rings. The molecule has 0 aliphatic carbocycles. The van der Waals surface area contributed by atoms with Crippen molar-refractivity contribution in [1.82, 2.24) is 9.80 Å². The third-order valence-electron chi connectivity index (χ3n) is 6.88. The van der Waals surface area contributed by atoms with Crippen LogP contribution in [0.15, 0.2) is 71.7 Å². The largest absolute Gasteiger partial charge is 0.481 e. The van der Waals surface area contributed by atoms with E-state index in [1.54, 1.807) is 60.7 Å². The van der Waals surface area contributed by atoms with Crippen LogP contribution in [-0.4, -0.2) is 71.6 Å². The fourth-order valence-corrected chi connectivity index (χ4v) is 4.95. The van der Waals surface area contributed by atoms with Crippen molar-refractivity contribution in [2.45, 2.75) is 12.3 Å². The van der Waals surface area contributed by atoms with Crippen LogP contribution in [-0.2, 0) is 16.0 Å². The number of piperazine rings is 1. The van der Waals surface area contributed by atoms with Crippen LogP contribution in [0.2, 0.25) is 5.02 Å². The number of carbonyl (C=O) groups is 3. The zero-order valence-electron chi connectivity index (χ0n) is 20.9. The zero-order valence-corrected chi connectivity index (χ0v) is 21.6. The number of amides is 2. The molecule has 0 aromatic heterocycles. The van der Waals surface area contributed by atoms with Crippen molar-refractivity contribution in [1.29, 1.82) is 0 Å². The predicted molar refractivity (Wildman–Crippen MR) is 147 cm³/mol. The van der Waals surface area contributed by atoms with Crippen LogP contribution in [0.3, 0.4) is 0 Å². The highest BCUT2D eigenvalue weighted by molar-refractivity contribution is 6.31. The summed E-state index contributed by atoms with van der Waals surface area (Å²) in [6.45, 7) is 3.08. The molecule has 1 fully saturated rings. The van der Waals surface area contributed by atoms with E-state index in [0.29, 0.717) is 51.9 Å². The normalized spacial score (nSPS) is 17.7. The SMILES string of the molecule is CN1CCN(C(=O)c2ccc(N=C(c3ccc(CC(=O)O)cc3)C3C(=O)Nc4cc(Cl)ccc43)cc2)CC1. The van der Waals surface area contributed by atoms with Crippen molar-refractivity contribution < 1.29 is 19.5 Å². The summed E-state index contributed by atoms with van der Waals surface area (Å²) in [7, 11) is 2.05. The van der Waals surface area contributed by atoms with Crippen molar-refractivity contribution in [3.8, 4) is 0 Å². The van der Waals surface area contributed by atoms with Crippen LogP contribution in [0.25, 0.3) is 0 Å². The number of hydrogen-bond acceptors (Lipinski definition) is 5. The van der Waals surface area contributed by atoms with Gasteiger partial charge in [-0.15, -0.1) is 0 Å². The van der Waals surface area contributed by atoms with Gasteiger partial charge < -0.3 is 20.2 Å². The van der Waals surface area contributed by atoms with Crippen LogP contribution < -0.4 is 5.32 Å². The standard InChI is InChI=1S/C29H27ClN4O4/c1-33-12-14-34(15-13-33)29(38)20-6-9-22(10-7-20)31-27(19-4-2-18(3-5-19)16-25(35)36)26-23-11-8-21(30)17-24(23)32-28(26)37/h2-11,17,26H,12-16H2,1H3,(H,32,37)(H,35,36). The summed E-state index contributed by atoms with van der Waals surface area (Å²) >= 11 is 6.14. The molecule has 8 nitrogen and oxygen atoms in total. The Balaban J connectivity index is 1.49. The van der Waals surface area contributed by atoms with E-state index >= 15 is 0 Å². The van der Waals surface area contributed by atoms with Gasteiger partial charge in [0.1, 0.15) is 5.92 Å². The average Bonchev–Trinajstić information content (AvgIpc) is 3.22. The highest BCUT2D eigenvalue weighted by Crippen LogP contribution is 2.37. The zero-order chi connectivity index (χ0) is 26.8. The van der Waals surface area contributed by atoms with Crippen molar-refractivity contribution >= 4 is 46.5 Å². The molecule has 0 radical (unpaired) electrons. The van der Waals surface area contributed by atoms with Gasteiger partial charge in [0, 0.05) is 42.5 Å². The first-order valence-corrected chi connectivity index (χ1v) is 12.7. The minimum absolute atomic E-state index is 0.0103. The molecule has 2 aliphatic heterocycles. The van der Waals surface area contributed by atoms with Crippen LogP contribution in [0, 0.1) is 0 Å². The quantitative estimate of drug-likeness (QED) is 0.465. The lowest BCUT2D eigenvalue weighted by Gasteiger charge is -2.32. The van der Waals surface area contributed by atoms with Gasteiger partial charge in [-0.2, -0.15) is 0 Å². The summed E-state index contributed by atoms with van der Waals surface area (Å²) in [5, 5.41) is 12.5. The number of aliphatic imine (C=N–C) groups is 1. The van der Waals surface area contributed by atoms with Crippen LogP contribution in [0.4, 0.5) is 11.4 Å². The second-order valence-corrected chi connectivity index (χ2v) is 10.00. The molecule has 0 spiro atoms. The first-order chi connectivity index (χ1) is 18.3. The van der Waals surface area contributed by atoms with Crippen molar-refractivity contribution in [3.63, 3.8) is 0 Å². The molecule has 2 heterocycles. The number of nitrogens with one attached hydrogen (secondary N) is 1. The fraction of sp³-hybridized carbons (Fsp3) is 0.241. The molecule has 5 rings (SSSR count). The molecule has 0 bridgehead atoms. The minimum Gasteiger partial charge on any atom is -0.481 e. The highest BCUT2D eigenvalue weighted by Gasteiger charge is 2.35. The van der Waals surface area contributed by atoms with Gasteiger partial charge >= 0.3 is 5.97 Å². The summed E-state index contributed by atoms with van der Waals surface area (Å²) in [6, 6.07) is 19.3. The second kappa shape index (κ2) is 10.8. The number of aliphatic carboxylic acids is 1. The topological polar surface area (TPSA) is 102 Å². The molecule has 0 saturated carbocycles. The third kappa shape index (κ3) is 5.46. The summed E-state index contributed by atoms with van der Waals surface area (Å²) < 4.78 is 0. The van der Waals surface area contributed by atoms with Gasteiger partial charge in [0.05, 0.1) is 17.8 Å². The molecule has 194 valence electrons. The van der Waals surface area contributed by atoms with Crippen LogP contribution in [0.5, 0.6) is 0 Å². The van der Waals surface area contributed by atoms with E-state index in [9.17, 15) is 14.4 Å². The van der Waals surface area contributed by atoms with Gasteiger partial charge in [0.25, 0.3) is 5.91 Å². The first-order valence-electron chi connectivity index (χ1n) is 12.4. The Morgan fingerprint density at radius 2 is 1.63 bits per heavy atom. The average molecular weight is 531 g/mol. The molecule has 3 aromatic carbocycles. The maximum Gasteiger partial charge on any atom is 0.307 e. The van der Waals surface area contributed by atoms with Crippen LogP contribution in [0.1, 0.15) is 33.0 Å². The van der Waals surface area contributed by atoms with Gasteiger partial charge in [-0.3, -0.25) is 19.4 Å². The Morgan fingerprint density at radius 1 is 0.974 bits per heavy atom. The summed E-state index contributed by atoms with van der Waals surface area (Å²) in [6.07, 6.45) is -0.0964. The van der Waals surface area contributed by atoms with Gasteiger partial charge in [0.2, 0.25) is 5.91 Å². The number of benzene rings is 3. The molecule has 3 aromatic rings. The molecular formula is C29H27ClN4O4. The van der Waals surface area contributed by atoms with E-state index in [1.807, 2.05) is 18.0 Å². The van der Waals surface area contributed by atoms with E-state index in [4.69, 9.17) is 21.7 Å². The minimum atomic E-state index is -0.918. The highest BCUT2D eigenvalue weighted by atomic mass is 35.5. The number of carbonyl (C=O) groups excluding carboxylic acids is 2. The number of halogens is 1. The number of nitrogens with zero attached hydrogens (tertiary/aromatic N) is 3. The molecule has 9 heteroatoms. The number of anilines is 1. The maximum absolute atomic E-state index is 13.1. The number of hydrogen-bond donors (Lipinski definition) is 2. The van der Waals surface area contributed by atoms with E-state index in [2.05, 4.69) is 10.2 Å². The van der Waals surface area contributed by atoms with Crippen molar-refractivity contribution in [3.05, 3.63) is 94.0 Å². The van der Waals surface area contributed by atoms with E-state index < -0.39 is 11.9 Å². The van der Waals surface area contributed by atoms with Gasteiger partial charge in [0.15, 0.2) is 0 Å². The smallest absolute Gasteiger partial charge is 0.307 e. The molecule has 1 atom stereocenters. The number of fused-ring (bicyclic) bond motifs is 1. The first kappa shape index (κ1) is 25.6. The fourth-order valence-electron chi connectivity index (χ4n) is 4.78. The number of carboxylic acids is 1. The number of rotatable bonds is 6. The van der Waals surface area contributed by atoms with Crippen molar-refractivity contribution in [2.75, 3.05) is 38.5 Å². The molecule has 2 N–H and O–H groups in total. The molecule has 2 amide bonds. The van der Waals surface area contributed by atoms with Gasteiger partial charge in [-0.1, -0.05) is 41.9 Å². The summed E-state index contributed by atoms with van der Waals surface area (Å²) in [5.74, 6) is -1.83. The predicted octanol–water partition coefficient (Wildman–Crippen LogP) is 4.21. The molecule has 38 heavy (non-hydrogen) atoms. The van der Waals surface area contributed by atoms with Gasteiger partial charge in [-0.25, -0.2) is 0 Å². The summed E-state index contributed by atoms with van der Waals surface area (Å²) in [5.41, 5.74) is 4.44. The Morgan fingerprint density at radius 3 is 2.29 bits per heavy atom. The molecule has 1 saturated heterocycles. The maximum atomic E-state index is 13.1. The summed E-state index contributed by atoms with van der Waals surface area (Å²) in [4.78, 5) is 46.1. The Hall–Kier alpha value is -4.01. The Labute approximate surface area is 225 Å². The second-order valence-electron chi connectivity index (χ2n) is 9.56. The lowest BCUT2D eigenvalue weighted by Crippen LogP contribution is -2.47. The number of likely N-dealkylation sites (N-methyl/N-ethyl adjacent to an activating group) is 1. The molecule has 1 unspecified atom stereocenters. The van der Waals surface area contributed by atoms with Crippen molar-refractivity contribution in [2.24, 2.45) is 4.99 Å². The number of carboxylic acid groups (broad SMARTS) is 1. The third-order valence-corrected chi connectivity index (χ3v) is 7.11. The van der Waals surface area contributed by atoms with E-state index in [0.717, 1.165) is 18.7 Å². The van der Waals surface area contributed by atoms with E-state index in [1.165, 1.54) is 0 Å². The Bertz CT molecular complexity index is 1410. The Kier molecular flexibility index (Phi) is 7.26.